The summed E-state index contributed by atoms with van der Waals surface area (Å²) in [5.41, 5.74) is 0.759. The van der Waals surface area contributed by atoms with Crippen molar-refractivity contribution >= 4 is 29.3 Å². The van der Waals surface area contributed by atoms with E-state index in [0.717, 1.165) is 29.8 Å². The predicted molar refractivity (Wildman–Crippen MR) is 79.7 cm³/mol. The molecule has 0 spiro atoms. The zero-order valence-corrected chi connectivity index (χ0v) is 12.7. The fourth-order valence-corrected chi connectivity index (χ4v) is 4.53. The first-order valence-electron chi connectivity index (χ1n) is 7.26. The van der Waals surface area contributed by atoms with Gasteiger partial charge in [0, 0.05) is 22.7 Å². The molecule has 1 N–H and O–H groups in total. The number of para-hydroxylation sites is 1. The molecule has 2 aliphatic rings. The van der Waals surface area contributed by atoms with Crippen LogP contribution in [0.5, 0.6) is 0 Å². The van der Waals surface area contributed by atoms with Gasteiger partial charge in [0.15, 0.2) is 0 Å². The smallest absolute Gasteiger partial charge is 0.228 e. The van der Waals surface area contributed by atoms with E-state index in [1.54, 1.807) is 11.8 Å². The number of carbonyl (C=O) groups excluding carboxylic acids is 2. The van der Waals surface area contributed by atoms with E-state index in [-0.39, 0.29) is 17.7 Å². The Bertz CT molecular complexity index is 574. The van der Waals surface area contributed by atoms with E-state index in [1.165, 1.54) is 0 Å². The number of anilines is 1. The van der Waals surface area contributed by atoms with Crippen LogP contribution in [0.25, 0.3) is 0 Å². The van der Waals surface area contributed by atoms with Crippen molar-refractivity contribution in [1.29, 1.82) is 0 Å². The molecule has 112 valence electrons. The number of rotatable bonds is 4. The molecular weight excluding hydrogens is 286 g/mol. The number of carboxylic acids is 1. The maximum absolute atomic E-state index is 12.6. The highest BCUT2D eigenvalue weighted by molar-refractivity contribution is 7.98. The topological polar surface area (TPSA) is 69.2 Å². The van der Waals surface area contributed by atoms with E-state index in [1.807, 2.05) is 30.5 Å². The summed E-state index contributed by atoms with van der Waals surface area (Å²) in [6.45, 7) is 0. The molecule has 4 atom stereocenters. The molecule has 0 unspecified atom stereocenters. The minimum absolute atomic E-state index is 0.117. The Kier molecular flexibility index (Phi) is 3.93. The summed E-state index contributed by atoms with van der Waals surface area (Å²) in [6, 6.07) is 7.58. The maximum atomic E-state index is 12.6. The van der Waals surface area contributed by atoms with Crippen molar-refractivity contribution in [2.75, 3.05) is 11.6 Å². The Morgan fingerprint density at radius 1 is 1.19 bits per heavy atom. The van der Waals surface area contributed by atoms with E-state index in [9.17, 15) is 14.7 Å². The number of thioether (sulfide) groups is 1. The number of amides is 1. The first-order valence-corrected chi connectivity index (χ1v) is 8.49. The molecule has 0 aliphatic heterocycles. The standard InChI is InChI=1S/C16H19NO3S/c1-21-12-5-3-2-4-11(12)17-15(18)13-9-6-7-10(8-9)14(13)16(19)20/h2-5,9-10,13-14H,6-8H2,1H3,(H,17,18)(H,19,20)/p-1/t9-,10+,13-,14+/m1/s1. The number of carboxylic acid groups (broad SMARTS) is 1. The molecule has 1 amide bonds. The molecule has 0 aromatic heterocycles. The monoisotopic (exact) mass is 304 g/mol. The van der Waals surface area contributed by atoms with Crippen LogP contribution in [-0.2, 0) is 9.59 Å². The predicted octanol–water partition coefficient (Wildman–Crippen LogP) is 1.76. The van der Waals surface area contributed by atoms with Crippen molar-refractivity contribution in [3.05, 3.63) is 24.3 Å². The lowest BCUT2D eigenvalue weighted by atomic mass is 9.78. The Morgan fingerprint density at radius 3 is 2.52 bits per heavy atom. The lowest BCUT2D eigenvalue weighted by Gasteiger charge is -2.30. The molecule has 0 radical (unpaired) electrons. The largest absolute Gasteiger partial charge is 0.550 e. The van der Waals surface area contributed by atoms with Crippen LogP contribution in [0.15, 0.2) is 29.2 Å². The molecule has 2 aliphatic carbocycles. The first-order chi connectivity index (χ1) is 10.1. The van der Waals surface area contributed by atoms with Crippen molar-refractivity contribution in [3.63, 3.8) is 0 Å². The number of hydrogen-bond acceptors (Lipinski definition) is 4. The third-order valence-electron chi connectivity index (χ3n) is 4.86. The van der Waals surface area contributed by atoms with Crippen LogP contribution < -0.4 is 10.4 Å². The summed E-state index contributed by atoms with van der Waals surface area (Å²) >= 11 is 1.56. The fourth-order valence-electron chi connectivity index (χ4n) is 3.97. The molecule has 1 aromatic rings. The Hall–Kier alpha value is -1.49. The van der Waals surface area contributed by atoms with Crippen molar-refractivity contribution in [2.45, 2.75) is 24.2 Å². The van der Waals surface area contributed by atoms with Crippen LogP contribution in [0.4, 0.5) is 5.69 Å². The summed E-state index contributed by atoms with van der Waals surface area (Å²) in [6.07, 6.45) is 4.67. The minimum atomic E-state index is -1.07. The molecule has 2 bridgehead atoms. The van der Waals surface area contributed by atoms with Crippen LogP contribution >= 0.6 is 11.8 Å². The zero-order valence-electron chi connectivity index (χ0n) is 11.9. The van der Waals surface area contributed by atoms with E-state index in [4.69, 9.17) is 0 Å². The Labute approximate surface area is 128 Å². The van der Waals surface area contributed by atoms with E-state index < -0.39 is 17.8 Å². The summed E-state index contributed by atoms with van der Waals surface area (Å²) in [4.78, 5) is 24.9. The van der Waals surface area contributed by atoms with Gasteiger partial charge in [0.1, 0.15) is 0 Å². The highest BCUT2D eigenvalue weighted by atomic mass is 32.2. The molecule has 2 fully saturated rings. The molecule has 0 saturated heterocycles. The van der Waals surface area contributed by atoms with Crippen LogP contribution in [0.1, 0.15) is 19.3 Å². The lowest BCUT2D eigenvalue weighted by Crippen LogP contribution is -2.44. The summed E-state index contributed by atoms with van der Waals surface area (Å²) in [5, 5.41) is 14.3. The molecule has 2 saturated carbocycles. The fraction of sp³-hybridized carbons (Fsp3) is 0.500. The third kappa shape index (κ3) is 2.55. The maximum Gasteiger partial charge on any atom is 0.228 e. The van der Waals surface area contributed by atoms with Gasteiger partial charge in [0.25, 0.3) is 0 Å². The quantitative estimate of drug-likeness (QED) is 0.861. The SMILES string of the molecule is CSc1ccccc1NC(=O)[C@@H]1[C@@H]2CC[C@@H](C2)[C@@H]1C(=O)[O-]. The number of aliphatic carboxylic acids is 1. The Morgan fingerprint density at radius 2 is 1.86 bits per heavy atom. The second-order valence-corrected chi connectivity index (χ2v) is 6.74. The average Bonchev–Trinajstić information content (AvgIpc) is 3.08. The molecule has 1 aromatic carbocycles. The average molecular weight is 304 g/mol. The van der Waals surface area contributed by atoms with E-state index in [0.29, 0.717) is 0 Å². The highest BCUT2D eigenvalue weighted by Crippen LogP contribution is 2.52. The lowest BCUT2D eigenvalue weighted by molar-refractivity contribution is -0.314. The van der Waals surface area contributed by atoms with Gasteiger partial charge in [-0.15, -0.1) is 11.8 Å². The second-order valence-electron chi connectivity index (χ2n) is 5.89. The van der Waals surface area contributed by atoms with Crippen molar-refractivity contribution in [2.24, 2.45) is 23.7 Å². The van der Waals surface area contributed by atoms with Gasteiger partial charge in [-0.1, -0.05) is 12.1 Å². The summed E-state index contributed by atoms with van der Waals surface area (Å²) in [7, 11) is 0. The summed E-state index contributed by atoms with van der Waals surface area (Å²) < 4.78 is 0. The van der Waals surface area contributed by atoms with Gasteiger partial charge in [0.2, 0.25) is 5.91 Å². The molecular formula is C16H18NO3S-. The molecule has 0 heterocycles. The molecule has 5 heteroatoms. The third-order valence-corrected chi connectivity index (χ3v) is 5.65. The number of hydrogen-bond donors (Lipinski definition) is 1. The minimum Gasteiger partial charge on any atom is -0.550 e. The van der Waals surface area contributed by atoms with Crippen LogP contribution in [0.3, 0.4) is 0 Å². The van der Waals surface area contributed by atoms with Gasteiger partial charge in [-0.25, -0.2) is 0 Å². The normalized spacial score (nSPS) is 30.3. The van der Waals surface area contributed by atoms with Gasteiger partial charge in [0.05, 0.1) is 5.69 Å². The van der Waals surface area contributed by atoms with Crippen molar-refractivity contribution < 1.29 is 14.7 Å². The van der Waals surface area contributed by atoms with Crippen molar-refractivity contribution in [1.82, 2.24) is 0 Å². The Balaban J connectivity index is 1.80. The number of benzene rings is 1. The zero-order chi connectivity index (χ0) is 15.0. The number of nitrogens with one attached hydrogen (secondary N) is 1. The first kappa shape index (κ1) is 14.4. The van der Waals surface area contributed by atoms with Crippen molar-refractivity contribution in [3.8, 4) is 0 Å². The highest BCUT2D eigenvalue weighted by Gasteiger charge is 2.51. The van der Waals surface area contributed by atoms with Gasteiger partial charge in [-0.3, -0.25) is 4.79 Å². The van der Waals surface area contributed by atoms with Gasteiger partial charge < -0.3 is 15.2 Å². The molecule has 3 rings (SSSR count). The van der Waals surface area contributed by atoms with E-state index in [2.05, 4.69) is 5.32 Å². The van der Waals surface area contributed by atoms with Gasteiger partial charge in [-0.05, 0) is 49.5 Å². The van der Waals surface area contributed by atoms with Crippen LogP contribution in [-0.4, -0.2) is 18.1 Å². The molecule has 4 nitrogen and oxygen atoms in total. The number of fused-ring (bicyclic) bond motifs is 2. The van der Waals surface area contributed by atoms with Gasteiger partial charge >= 0.3 is 0 Å². The van der Waals surface area contributed by atoms with Crippen LogP contribution in [0.2, 0.25) is 0 Å². The summed E-state index contributed by atoms with van der Waals surface area (Å²) in [5.74, 6) is -1.99. The van der Waals surface area contributed by atoms with E-state index >= 15 is 0 Å². The second kappa shape index (κ2) is 5.72. The van der Waals surface area contributed by atoms with Crippen LogP contribution in [0, 0.1) is 23.7 Å². The number of carbonyl (C=O) groups is 2. The molecule has 21 heavy (non-hydrogen) atoms. The van der Waals surface area contributed by atoms with Gasteiger partial charge in [-0.2, -0.15) is 0 Å².